The summed E-state index contributed by atoms with van der Waals surface area (Å²) in [4.78, 5) is 58.7. The number of amides is 3. The number of halogens is 2. The Morgan fingerprint density at radius 2 is 1.83 bits per heavy atom. The number of anilines is 2. The summed E-state index contributed by atoms with van der Waals surface area (Å²) < 4.78 is 35.1. The molecule has 3 amide bonds. The molecule has 6 rings (SSSR count). The standard InChI is InChI=1S/C27H23F2N7O5/c28-15-5-6-21(30-12-15)32-22(37)14-35-23-11-20(25(38)31-19-4-2-1-3-18(19)29)33-36(23)26(39)17-13-34(27(40)24(17)35)16-7-9-41-10-8-16/h1-6,11-12,16H,7-10,13-14H2,(H,31,38)(H,30,32,37). The Labute approximate surface area is 230 Å². The molecule has 210 valence electrons. The second-order valence-corrected chi connectivity index (χ2v) is 9.64. The van der Waals surface area contributed by atoms with Crippen LogP contribution in [0.3, 0.4) is 0 Å². The molecule has 0 bridgehead atoms. The molecule has 2 N–H and O–H groups in total. The maximum atomic E-state index is 14.1. The van der Waals surface area contributed by atoms with E-state index in [4.69, 9.17) is 4.74 Å². The molecule has 0 radical (unpaired) electrons. The van der Waals surface area contributed by atoms with Gasteiger partial charge in [-0.1, -0.05) is 12.1 Å². The van der Waals surface area contributed by atoms with Crippen LogP contribution >= 0.6 is 0 Å². The number of carbonyl (C=O) groups is 3. The highest BCUT2D eigenvalue weighted by Gasteiger charge is 2.39. The Kier molecular flexibility index (Phi) is 6.75. The van der Waals surface area contributed by atoms with E-state index in [-0.39, 0.29) is 46.7 Å². The number of ether oxygens (including phenoxy) is 1. The van der Waals surface area contributed by atoms with Crippen LogP contribution in [0.4, 0.5) is 20.3 Å². The van der Waals surface area contributed by atoms with Gasteiger partial charge in [0.05, 0.1) is 24.0 Å². The number of nitrogens with zero attached hydrogens (tertiary/aromatic N) is 5. The van der Waals surface area contributed by atoms with Gasteiger partial charge < -0.3 is 24.8 Å². The highest BCUT2D eigenvalue weighted by Crippen LogP contribution is 2.28. The van der Waals surface area contributed by atoms with Crippen LogP contribution < -0.4 is 16.2 Å². The topological polar surface area (TPSA) is 140 Å². The molecule has 0 saturated carbocycles. The number of hydrogen-bond acceptors (Lipinski definition) is 7. The molecular weight excluding hydrogens is 540 g/mol. The van der Waals surface area contributed by atoms with Gasteiger partial charge in [0.25, 0.3) is 17.4 Å². The van der Waals surface area contributed by atoms with Gasteiger partial charge in [0, 0.05) is 25.3 Å². The molecule has 12 nitrogen and oxygen atoms in total. The van der Waals surface area contributed by atoms with E-state index < -0.39 is 41.5 Å². The van der Waals surface area contributed by atoms with Crippen LogP contribution in [0.15, 0.2) is 53.5 Å². The van der Waals surface area contributed by atoms with Crippen LogP contribution in [0.2, 0.25) is 0 Å². The Morgan fingerprint density at radius 3 is 2.56 bits per heavy atom. The van der Waals surface area contributed by atoms with E-state index in [0.29, 0.717) is 26.1 Å². The van der Waals surface area contributed by atoms with E-state index in [1.807, 2.05) is 0 Å². The second kappa shape index (κ2) is 10.5. The minimum absolute atomic E-state index is 0.00532. The molecule has 14 heteroatoms. The first kappa shape index (κ1) is 26.3. The third-order valence-electron chi connectivity index (χ3n) is 7.05. The van der Waals surface area contributed by atoms with E-state index >= 15 is 0 Å². The summed E-state index contributed by atoms with van der Waals surface area (Å²) >= 11 is 0. The molecule has 0 atom stereocenters. The van der Waals surface area contributed by atoms with Crippen molar-refractivity contribution in [3.8, 4) is 0 Å². The monoisotopic (exact) mass is 563 g/mol. The minimum Gasteiger partial charge on any atom is -0.381 e. The summed E-state index contributed by atoms with van der Waals surface area (Å²) in [7, 11) is 0. The lowest BCUT2D eigenvalue weighted by molar-refractivity contribution is -0.116. The summed E-state index contributed by atoms with van der Waals surface area (Å²) in [5, 5.41) is 9.11. The molecular formula is C27H23F2N7O5. The third kappa shape index (κ3) is 4.93. The SMILES string of the molecule is O=C(Cn1c2c(c(=O)n3nc(C(=O)Nc4ccccc4F)cc13)CN(C1CCOCC1)C2=O)Nc1ccc(F)cn1. The van der Waals surface area contributed by atoms with Gasteiger partial charge in [0.15, 0.2) is 5.69 Å². The molecule has 5 heterocycles. The Morgan fingerprint density at radius 1 is 1.05 bits per heavy atom. The number of pyridine rings is 1. The van der Waals surface area contributed by atoms with Crippen molar-refractivity contribution >= 4 is 34.9 Å². The molecule has 1 saturated heterocycles. The number of para-hydroxylation sites is 1. The van der Waals surface area contributed by atoms with Gasteiger partial charge in [-0.05, 0) is 37.1 Å². The number of benzene rings is 1. The van der Waals surface area contributed by atoms with Crippen LogP contribution in [0, 0.1) is 11.6 Å². The second-order valence-electron chi connectivity index (χ2n) is 9.64. The van der Waals surface area contributed by atoms with Gasteiger partial charge in [-0.25, -0.2) is 13.8 Å². The maximum Gasteiger partial charge on any atom is 0.280 e. The first-order chi connectivity index (χ1) is 19.8. The maximum absolute atomic E-state index is 14.1. The molecule has 1 fully saturated rings. The summed E-state index contributed by atoms with van der Waals surface area (Å²) in [5.74, 6) is -3.00. The molecule has 0 spiro atoms. The van der Waals surface area contributed by atoms with Crippen molar-refractivity contribution < 1.29 is 27.9 Å². The fourth-order valence-corrected chi connectivity index (χ4v) is 5.07. The summed E-state index contributed by atoms with van der Waals surface area (Å²) in [6.45, 7) is 0.516. The first-order valence-corrected chi connectivity index (χ1v) is 12.8. The normalized spacial score (nSPS) is 15.3. The largest absolute Gasteiger partial charge is 0.381 e. The minimum atomic E-state index is -0.792. The molecule has 0 unspecified atom stereocenters. The number of rotatable bonds is 6. The van der Waals surface area contributed by atoms with Crippen molar-refractivity contribution in [1.82, 2.24) is 24.1 Å². The molecule has 3 aromatic heterocycles. The van der Waals surface area contributed by atoms with E-state index in [9.17, 15) is 28.0 Å². The van der Waals surface area contributed by atoms with Gasteiger partial charge in [0.1, 0.15) is 35.3 Å². The zero-order chi connectivity index (χ0) is 28.7. The number of aromatic nitrogens is 4. The van der Waals surface area contributed by atoms with Crippen LogP contribution in [0.25, 0.3) is 5.65 Å². The van der Waals surface area contributed by atoms with Crippen LogP contribution in [-0.2, 0) is 22.6 Å². The lowest BCUT2D eigenvalue weighted by Crippen LogP contribution is -2.40. The summed E-state index contributed by atoms with van der Waals surface area (Å²) in [5.41, 5.74) is -0.766. The molecule has 2 aliphatic heterocycles. The van der Waals surface area contributed by atoms with E-state index in [2.05, 4.69) is 20.7 Å². The first-order valence-electron chi connectivity index (χ1n) is 12.8. The quantitative estimate of drug-likeness (QED) is 0.367. The van der Waals surface area contributed by atoms with Gasteiger partial charge in [-0.15, -0.1) is 0 Å². The van der Waals surface area contributed by atoms with Gasteiger partial charge in [0.2, 0.25) is 5.91 Å². The van der Waals surface area contributed by atoms with E-state index in [1.165, 1.54) is 34.9 Å². The van der Waals surface area contributed by atoms with Crippen LogP contribution in [0.5, 0.6) is 0 Å². The zero-order valence-corrected chi connectivity index (χ0v) is 21.5. The number of fused-ring (bicyclic) bond motifs is 2. The average Bonchev–Trinajstić information content (AvgIpc) is 3.57. The summed E-state index contributed by atoms with van der Waals surface area (Å²) in [6.07, 6.45) is 2.14. The fraction of sp³-hybridized carbons (Fsp3) is 0.259. The number of carbonyl (C=O) groups excluding carboxylic acids is 3. The molecule has 2 aliphatic rings. The molecule has 4 aromatic rings. The van der Waals surface area contributed by atoms with Gasteiger partial charge in [-0.2, -0.15) is 9.61 Å². The van der Waals surface area contributed by atoms with Crippen LogP contribution in [0.1, 0.15) is 39.4 Å². The lowest BCUT2D eigenvalue weighted by Gasteiger charge is -2.30. The zero-order valence-electron chi connectivity index (χ0n) is 21.5. The average molecular weight is 564 g/mol. The predicted molar refractivity (Wildman–Crippen MR) is 140 cm³/mol. The van der Waals surface area contributed by atoms with Gasteiger partial charge in [-0.3, -0.25) is 19.2 Å². The smallest absolute Gasteiger partial charge is 0.280 e. The van der Waals surface area contributed by atoms with E-state index in [1.54, 1.807) is 11.0 Å². The van der Waals surface area contributed by atoms with E-state index in [0.717, 1.165) is 16.8 Å². The fourth-order valence-electron chi connectivity index (χ4n) is 5.07. The van der Waals surface area contributed by atoms with Gasteiger partial charge >= 0.3 is 0 Å². The number of nitrogens with one attached hydrogen (secondary N) is 2. The van der Waals surface area contributed by atoms with Crippen molar-refractivity contribution in [2.75, 3.05) is 23.8 Å². The highest BCUT2D eigenvalue weighted by atomic mass is 19.1. The molecule has 0 aliphatic carbocycles. The van der Waals surface area contributed by atoms with Crippen molar-refractivity contribution in [2.45, 2.75) is 32.0 Å². The van der Waals surface area contributed by atoms with Crippen molar-refractivity contribution in [3.63, 3.8) is 0 Å². The third-order valence-corrected chi connectivity index (χ3v) is 7.05. The van der Waals surface area contributed by atoms with Crippen molar-refractivity contribution in [2.24, 2.45) is 0 Å². The Bertz CT molecular complexity index is 1750. The van der Waals surface area contributed by atoms with Crippen LogP contribution in [-0.4, -0.2) is 61.0 Å². The predicted octanol–water partition coefficient (Wildman–Crippen LogP) is 2.19. The Balaban J connectivity index is 1.40. The molecule has 41 heavy (non-hydrogen) atoms. The van der Waals surface area contributed by atoms with Crippen molar-refractivity contribution in [3.05, 3.63) is 87.6 Å². The Hall–Kier alpha value is -4.98. The number of hydrogen-bond donors (Lipinski definition) is 2. The lowest BCUT2D eigenvalue weighted by atomic mass is 10.1. The highest BCUT2D eigenvalue weighted by molar-refractivity contribution is 6.04. The summed E-state index contributed by atoms with van der Waals surface area (Å²) in [6, 6.07) is 9.07. The van der Waals surface area contributed by atoms with Crippen molar-refractivity contribution in [1.29, 1.82) is 0 Å². The molecule has 1 aromatic carbocycles.